The molecule has 1 amide bonds. The van der Waals surface area contributed by atoms with Crippen LogP contribution >= 0.6 is 0 Å². The first-order chi connectivity index (χ1) is 13.1. The summed E-state index contributed by atoms with van der Waals surface area (Å²) in [5, 5.41) is 16.7. The molecule has 0 saturated heterocycles. The minimum Gasteiger partial charge on any atom is -0.480 e. The number of hydrazone groups is 1. The zero-order valence-electron chi connectivity index (χ0n) is 14.5. The van der Waals surface area contributed by atoms with Crippen LogP contribution in [0.3, 0.4) is 0 Å². The molecule has 0 aliphatic heterocycles. The number of amides is 1. The molecule has 0 radical (unpaired) electrons. The molecule has 0 fully saturated rings. The zero-order valence-corrected chi connectivity index (χ0v) is 14.5. The third kappa shape index (κ3) is 4.27. The highest BCUT2D eigenvalue weighted by Gasteiger charge is 2.16. The second-order valence-electron chi connectivity index (χ2n) is 5.79. The molecule has 0 aliphatic carbocycles. The predicted molar refractivity (Wildman–Crippen MR) is 103 cm³/mol. The number of rotatable bonds is 6. The summed E-state index contributed by atoms with van der Waals surface area (Å²) in [5.74, 6) is 0.135. The van der Waals surface area contributed by atoms with E-state index in [0.717, 1.165) is 10.8 Å². The third-order valence-corrected chi connectivity index (χ3v) is 3.93. The number of fused-ring (bicyclic) bond motifs is 1. The van der Waals surface area contributed by atoms with Gasteiger partial charge in [0.05, 0.1) is 16.7 Å². The van der Waals surface area contributed by atoms with Gasteiger partial charge in [0.1, 0.15) is 5.75 Å². The normalized spacial score (nSPS) is 12.0. The standard InChI is InChI=1S/C20H17N3O4/c1-14(27-19-12-6-9-15-7-2-4-10-17(15)19)20(24)22-21-13-16-8-3-5-11-18(16)23(25)26/h2-14H,1H3,(H,22,24). The van der Waals surface area contributed by atoms with Crippen LogP contribution < -0.4 is 10.2 Å². The zero-order chi connectivity index (χ0) is 19.2. The highest BCUT2D eigenvalue weighted by molar-refractivity contribution is 5.90. The van der Waals surface area contributed by atoms with Crippen molar-refractivity contribution >= 4 is 28.6 Å². The molecule has 0 saturated carbocycles. The number of nitro benzene ring substituents is 1. The number of ether oxygens (including phenoxy) is 1. The van der Waals surface area contributed by atoms with Gasteiger partial charge in [-0.15, -0.1) is 0 Å². The maximum absolute atomic E-state index is 12.2. The molecular formula is C20H17N3O4. The Morgan fingerprint density at radius 3 is 2.63 bits per heavy atom. The number of hydrogen-bond acceptors (Lipinski definition) is 5. The topological polar surface area (TPSA) is 93.8 Å². The van der Waals surface area contributed by atoms with Crippen LogP contribution in [0.5, 0.6) is 5.75 Å². The van der Waals surface area contributed by atoms with Gasteiger partial charge in [0.15, 0.2) is 6.10 Å². The van der Waals surface area contributed by atoms with Gasteiger partial charge in [0.25, 0.3) is 11.6 Å². The van der Waals surface area contributed by atoms with E-state index < -0.39 is 16.9 Å². The first-order valence-electron chi connectivity index (χ1n) is 8.27. The van der Waals surface area contributed by atoms with Crippen molar-refractivity contribution in [3.05, 3.63) is 82.4 Å². The number of carbonyl (C=O) groups is 1. The lowest BCUT2D eigenvalue weighted by Gasteiger charge is -2.14. The number of nitro groups is 1. The van der Waals surface area contributed by atoms with E-state index >= 15 is 0 Å². The quantitative estimate of drug-likeness (QED) is 0.411. The van der Waals surface area contributed by atoms with E-state index in [9.17, 15) is 14.9 Å². The van der Waals surface area contributed by atoms with E-state index in [1.165, 1.54) is 12.3 Å². The van der Waals surface area contributed by atoms with Gasteiger partial charge in [-0.1, -0.05) is 48.5 Å². The molecule has 7 nitrogen and oxygen atoms in total. The molecule has 0 bridgehead atoms. The van der Waals surface area contributed by atoms with Gasteiger partial charge in [0.2, 0.25) is 0 Å². The van der Waals surface area contributed by atoms with Gasteiger partial charge >= 0.3 is 0 Å². The fourth-order valence-corrected chi connectivity index (χ4v) is 2.56. The van der Waals surface area contributed by atoms with Crippen LogP contribution in [-0.4, -0.2) is 23.1 Å². The summed E-state index contributed by atoms with van der Waals surface area (Å²) in [6, 6.07) is 19.5. The molecule has 0 heterocycles. The summed E-state index contributed by atoms with van der Waals surface area (Å²) < 4.78 is 5.76. The summed E-state index contributed by atoms with van der Waals surface area (Å²) >= 11 is 0. The first-order valence-corrected chi connectivity index (χ1v) is 8.27. The van der Waals surface area contributed by atoms with Crippen molar-refractivity contribution in [2.24, 2.45) is 5.10 Å². The first kappa shape index (κ1) is 18.1. The van der Waals surface area contributed by atoms with Crippen LogP contribution in [0.2, 0.25) is 0 Å². The van der Waals surface area contributed by atoms with Crippen molar-refractivity contribution in [3.63, 3.8) is 0 Å². The molecule has 3 aromatic carbocycles. The Hall–Kier alpha value is -3.74. The van der Waals surface area contributed by atoms with Crippen molar-refractivity contribution in [1.29, 1.82) is 0 Å². The highest BCUT2D eigenvalue weighted by Crippen LogP contribution is 2.26. The lowest BCUT2D eigenvalue weighted by molar-refractivity contribution is -0.385. The number of nitrogens with zero attached hydrogens (tertiary/aromatic N) is 2. The summed E-state index contributed by atoms with van der Waals surface area (Å²) in [7, 11) is 0. The number of nitrogens with one attached hydrogen (secondary N) is 1. The Kier molecular flexibility index (Phi) is 5.41. The second-order valence-corrected chi connectivity index (χ2v) is 5.79. The van der Waals surface area contributed by atoms with Crippen LogP contribution in [-0.2, 0) is 4.79 Å². The Morgan fingerprint density at radius 2 is 1.81 bits per heavy atom. The maximum atomic E-state index is 12.2. The van der Waals surface area contributed by atoms with E-state index in [1.54, 1.807) is 31.2 Å². The lowest BCUT2D eigenvalue weighted by Crippen LogP contribution is -2.33. The van der Waals surface area contributed by atoms with Crippen LogP contribution in [0.4, 0.5) is 5.69 Å². The summed E-state index contributed by atoms with van der Waals surface area (Å²) in [6.45, 7) is 1.61. The molecule has 3 aromatic rings. The van der Waals surface area contributed by atoms with Crippen molar-refractivity contribution < 1.29 is 14.5 Å². The van der Waals surface area contributed by atoms with Crippen molar-refractivity contribution in [1.82, 2.24) is 5.43 Å². The number of carbonyl (C=O) groups excluding carboxylic acids is 1. The second kappa shape index (κ2) is 8.09. The average molecular weight is 363 g/mol. The summed E-state index contributed by atoms with van der Waals surface area (Å²) in [5.41, 5.74) is 2.56. The van der Waals surface area contributed by atoms with E-state index in [-0.39, 0.29) is 5.69 Å². The summed E-state index contributed by atoms with van der Waals surface area (Å²) in [4.78, 5) is 22.7. The van der Waals surface area contributed by atoms with Crippen molar-refractivity contribution in [2.45, 2.75) is 13.0 Å². The minimum atomic E-state index is -0.793. The Bertz CT molecular complexity index is 1010. The highest BCUT2D eigenvalue weighted by atomic mass is 16.6. The molecule has 27 heavy (non-hydrogen) atoms. The van der Waals surface area contributed by atoms with Gasteiger partial charge < -0.3 is 4.74 Å². The Balaban J connectivity index is 1.67. The van der Waals surface area contributed by atoms with Crippen molar-refractivity contribution in [3.8, 4) is 5.75 Å². The molecule has 1 unspecified atom stereocenters. The Morgan fingerprint density at radius 1 is 1.11 bits per heavy atom. The maximum Gasteiger partial charge on any atom is 0.280 e. The fourth-order valence-electron chi connectivity index (χ4n) is 2.56. The van der Waals surface area contributed by atoms with Gasteiger partial charge in [-0.2, -0.15) is 5.10 Å². The van der Waals surface area contributed by atoms with E-state index in [1.807, 2.05) is 36.4 Å². The van der Waals surface area contributed by atoms with E-state index in [0.29, 0.717) is 11.3 Å². The fraction of sp³-hybridized carbons (Fsp3) is 0.100. The van der Waals surface area contributed by atoms with Crippen LogP contribution in [0.15, 0.2) is 71.8 Å². The average Bonchev–Trinajstić information content (AvgIpc) is 2.68. The monoisotopic (exact) mass is 363 g/mol. The molecule has 1 atom stereocenters. The molecule has 7 heteroatoms. The van der Waals surface area contributed by atoms with Crippen LogP contribution in [0.25, 0.3) is 10.8 Å². The predicted octanol–water partition coefficient (Wildman–Crippen LogP) is 3.67. The van der Waals surface area contributed by atoms with Crippen LogP contribution in [0, 0.1) is 10.1 Å². The number of hydrogen-bond donors (Lipinski definition) is 1. The molecule has 1 N–H and O–H groups in total. The van der Waals surface area contributed by atoms with Gasteiger partial charge in [-0.3, -0.25) is 14.9 Å². The van der Waals surface area contributed by atoms with Crippen molar-refractivity contribution in [2.75, 3.05) is 0 Å². The molecular weight excluding hydrogens is 346 g/mol. The molecule has 136 valence electrons. The third-order valence-electron chi connectivity index (χ3n) is 3.93. The van der Waals surface area contributed by atoms with Crippen LogP contribution in [0.1, 0.15) is 12.5 Å². The molecule has 0 aliphatic rings. The number of para-hydroxylation sites is 1. The lowest BCUT2D eigenvalue weighted by atomic mass is 10.1. The van der Waals surface area contributed by atoms with Gasteiger partial charge in [-0.25, -0.2) is 5.43 Å². The van der Waals surface area contributed by atoms with E-state index in [4.69, 9.17) is 4.74 Å². The smallest absolute Gasteiger partial charge is 0.280 e. The SMILES string of the molecule is CC(Oc1cccc2ccccc12)C(=O)NN=Cc1ccccc1[N+](=O)[O-]. The van der Waals surface area contributed by atoms with Gasteiger partial charge in [0, 0.05) is 11.5 Å². The summed E-state index contributed by atoms with van der Waals surface area (Å²) in [6.07, 6.45) is 0.444. The number of benzene rings is 3. The van der Waals surface area contributed by atoms with Gasteiger partial charge in [-0.05, 0) is 24.4 Å². The molecule has 3 rings (SSSR count). The minimum absolute atomic E-state index is 0.0875. The Labute approximate surface area is 155 Å². The largest absolute Gasteiger partial charge is 0.480 e. The molecule has 0 spiro atoms. The molecule has 0 aromatic heterocycles. The van der Waals surface area contributed by atoms with E-state index in [2.05, 4.69) is 10.5 Å².